The number of hydrogen-bond acceptors (Lipinski definition) is 3. The number of aliphatic hydroxyl groups excluding tert-OH is 1. The third-order valence-electron chi connectivity index (χ3n) is 2.77. The first-order valence-corrected chi connectivity index (χ1v) is 6.03. The standard InChI is InChI=1S/C13H20F2N2O/c1-8(6-9(2)18)17-12(7-16)10-4-3-5-11(14)13(10)15/h3-5,8-9,12,17-18H,6-7,16H2,1-2H3. The molecular weight excluding hydrogens is 238 g/mol. The van der Waals surface area contributed by atoms with E-state index in [0.717, 1.165) is 6.07 Å². The van der Waals surface area contributed by atoms with Gasteiger partial charge in [-0.2, -0.15) is 0 Å². The first-order valence-electron chi connectivity index (χ1n) is 6.03. The van der Waals surface area contributed by atoms with E-state index < -0.39 is 23.8 Å². The minimum atomic E-state index is -0.879. The topological polar surface area (TPSA) is 58.3 Å². The van der Waals surface area contributed by atoms with E-state index in [1.54, 1.807) is 6.92 Å². The van der Waals surface area contributed by atoms with Crippen molar-refractivity contribution < 1.29 is 13.9 Å². The molecule has 3 atom stereocenters. The first kappa shape index (κ1) is 15.0. The van der Waals surface area contributed by atoms with Crippen molar-refractivity contribution >= 4 is 0 Å². The lowest BCUT2D eigenvalue weighted by molar-refractivity contribution is 0.168. The largest absolute Gasteiger partial charge is 0.393 e. The molecule has 0 aliphatic carbocycles. The molecule has 0 aliphatic heterocycles. The monoisotopic (exact) mass is 258 g/mol. The second-order valence-corrected chi connectivity index (χ2v) is 4.58. The molecule has 0 aromatic heterocycles. The third kappa shape index (κ3) is 4.01. The van der Waals surface area contributed by atoms with Crippen LogP contribution in [0.25, 0.3) is 0 Å². The maximum absolute atomic E-state index is 13.6. The second kappa shape index (κ2) is 6.78. The maximum Gasteiger partial charge on any atom is 0.163 e. The molecule has 0 heterocycles. The predicted octanol–water partition coefficient (Wildman–Crippen LogP) is 1.71. The van der Waals surface area contributed by atoms with Gasteiger partial charge in [0.1, 0.15) is 0 Å². The van der Waals surface area contributed by atoms with Crippen molar-refractivity contribution in [2.75, 3.05) is 6.54 Å². The van der Waals surface area contributed by atoms with E-state index in [1.807, 2.05) is 6.92 Å². The summed E-state index contributed by atoms with van der Waals surface area (Å²) in [4.78, 5) is 0. The lowest BCUT2D eigenvalue weighted by atomic mass is 10.0. The van der Waals surface area contributed by atoms with Crippen LogP contribution in [0.1, 0.15) is 31.9 Å². The average molecular weight is 258 g/mol. The van der Waals surface area contributed by atoms with Gasteiger partial charge >= 0.3 is 0 Å². The average Bonchev–Trinajstić information content (AvgIpc) is 2.29. The predicted molar refractivity (Wildman–Crippen MR) is 67.0 cm³/mol. The third-order valence-corrected chi connectivity index (χ3v) is 2.77. The molecule has 0 aliphatic rings. The van der Waals surface area contributed by atoms with Gasteiger partial charge in [-0.3, -0.25) is 0 Å². The van der Waals surface area contributed by atoms with Gasteiger partial charge in [0, 0.05) is 24.2 Å². The van der Waals surface area contributed by atoms with Crippen LogP contribution in [-0.2, 0) is 0 Å². The van der Waals surface area contributed by atoms with Crippen LogP contribution in [0, 0.1) is 11.6 Å². The summed E-state index contributed by atoms with van der Waals surface area (Å²) in [6, 6.07) is 3.54. The molecule has 1 aromatic carbocycles. The molecule has 18 heavy (non-hydrogen) atoms. The molecule has 102 valence electrons. The number of aliphatic hydroxyl groups is 1. The molecule has 0 fully saturated rings. The van der Waals surface area contributed by atoms with Crippen molar-refractivity contribution in [1.29, 1.82) is 0 Å². The molecule has 0 saturated heterocycles. The second-order valence-electron chi connectivity index (χ2n) is 4.58. The number of nitrogens with two attached hydrogens (primary N) is 1. The Hall–Kier alpha value is -1.04. The maximum atomic E-state index is 13.6. The van der Waals surface area contributed by atoms with Crippen LogP contribution >= 0.6 is 0 Å². The molecule has 4 N–H and O–H groups in total. The molecule has 1 rings (SSSR count). The molecule has 3 nitrogen and oxygen atoms in total. The quantitative estimate of drug-likeness (QED) is 0.728. The number of rotatable bonds is 6. The molecular formula is C13H20F2N2O. The van der Waals surface area contributed by atoms with Crippen LogP contribution in [0.3, 0.4) is 0 Å². The molecule has 3 unspecified atom stereocenters. The van der Waals surface area contributed by atoms with Gasteiger partial charge in [-0.05, 0) is 26.3 Å². The Morgan fingerprint density at radius 1 is 1.33 bits per heavy atom. The molecule has 5 heteroatoms. The smallest absolute Gasteiger partial charge is 0.163 e. The van der Waals surface area contributed by atoms with Crippen LogP contribution < -0.4 is 11.1 Å². The van der Waals surface area contributed by atoms with Crippen molar-refractivity contribution in [3.05, 3.63) is 35.4 Å². The van der Waals surface area contributed by atoms with Crippen LogP contribution in [0.5, 0.6) is 0 Å². The highest BCUT2D eigenvalue weighted by Crippen LogP contribution is 2.19. The summed E-state index contributed by atoms with van der Waals surface area (Å²) in [5.41, 5.74) is 5.81. The summed E-state index contributed by atoms with van der Waals surface area (Å²) >= 11 is 0. The van der Waals surface area contributed by atoms with Gasteiger partial charge in [0.05, 0.1) is 6.10 Å². The zero-order valence-corrected chi connectivity index (χ0v) is 10.7. The van der Waals surface area contributed by atoms with Crippen LogP contribution in [-0.4, -0.2) is 23.8 Å². The summed E-state index contributed by atoms with van der Waals surface area (Å²) in [5.74, 6) is -1.75. The summed E-state index contributed by atoms with van der Waals surface area (Å²) in [6.07, 6.45) is 0.0660. The zero-order chi connectivity index (χ0) is 13.7. The fourth-order valence-electron chi connectivity index (χ4n) is 2.00. The van der Waals surface area contributed by atoms with Gasteiger partial charge in [-0.15, -0.1) is 0 Å². The van der Waals surface area contributed by atoms with E-state index in [9.17, 15) is 13.9 Å². The number of halogens is 2. The Kier molecular flexibility index (Phi) is 5.65. The summed E-state index contributed by atoms with van der Waals surface area (Å²) in [7, 11) is 0. The Morgan fingerprint density at radius 3 is 2.56 bits per heavy atom. The van der Waals surface area contributed by atoms with Crippen LogP contribution in [0.4, 0.5) is 8.78 Å². The summed E-state index contributed by atoms with van der Waals surface area (Å²) < 4.78 is 26.8. The minimum Gasteiger partial charge on any atom is -0.393 e. The van der Waals surface area contributed by atoms with Crippen molar-refractivity contribution in [3.63, 3.8) is 0 Å². The summed E-state index contributed by atoms with van der Waals surface area (Å²) in [6.45, 7) is 3.70. The highest BCUT2D eigenvalue weighted by molar-refractivity contribution is 5.23. The molecule has 1 aromatic rings. The fraction of sp³-hybridized carbons (Fsp3) is 0.538. The van der Waals surface area contributed by atoms with E-state index >= 15 is 0 Å². The Labute approximate surface area is 106 Å². The van der Waals surface area contributed by atoms with E-state index in [4.69, 9.17) is 5.73 Å². The van der Waals surface area contributed by atoms with Crippen molar-refractivity contribution in [1.82, 2.24) is 5.32 Å². The van der Waals surface area contributed by atoms with E-state index in [0.29, 0.717) is 6.42 Å². The van der Waals surface area contributed by atoms with Crippen LogP contribution in [0.2, 0.25) is 0 Å². The van der Waals surface area contributed by atoms with Crippen molar-refractivity contribution in [3.8, 4) is 0 Å². The zero-order valence-electron chi connectivity index (χ0n) is 10.7. The Balaban J connectivity index is 2.80. The van der Waals surface area contributed by atoms with E-state index in [2.05, 4.69) is 5.32 Å². The lowest BCUT2D eigenvalue weighted by Crippen LogP contribution is -2.37. The first-order chi connectivity index (χ1) is 8.45. The highest BCUT2D eigenvalue weighted by Gasteiger charge is 2.19. The van der Waals surface area contributed by atoms with Crippen LogP contribution in [0.15, 0.2) is 18.2 Å². The van der Waals surface area contributed by atoms with Crippen molar-refractivity contribution in [2.24, 2.45) is 5.73 Å². The van der Waals surface area contributed by atoms with E-state index in [-0.39, 0.29) is 18.2 Å². The molecule has 0 saturated carbocycles. The molecule has 0 bridgehead atoms. The minimum absolute atomic E-state index is 0.0405. The molecule has 0 radical (unpaired) electrons. The van der Waals surface area contributed by atoms with Gasteiger partial charge in [0.15, 0.2) is 11.6 Å². The normalized spacial score (nSPS) is 16.3. The SMILES string of the molecule is CC(O)CC(C)NC(CN)c1cccc(F)c1F. The Morgan fingerprint density at radius 2 is 2.00 bits per heavy atom. The van der Waals surface area contributed by atoms with Gasteiger partial charge in [0.25, 0.3) is 0 Å². The highest BCUT2D eigenvalue weighted by atomic mass is 19.2. The van der Waals surface area contributed by atoms with Gasteiger partial charge < -0.3 is 16.2 Å². The lowest BCUT2D eigenvalue weighted by Gasteiger charge is -2.23. The van der Waals surface area contributed by atoms with Crippen molar-refractivity contribution in [2.45, 2.75) is 38.5 Å². The molecule has 0 spiro atoms. The summed E-state index contributed by atoms with van der Waals surface area (Å²) in [5, 5.41) is 12.4. The number of hydrogen-bond donors (Lipinski definition) is 3. The Bertz CT molecular complexity index is 385. The van der Waals surface area contributed by atoms with E-state index in [1.165, 1.54) is 12.1 Å². The number of benzene rings is 1. The van der Waals surface area contributed by atoms with Gasteiger partial charge in [-0.25, -0.2) is 8.78 Å². The number of nitrogens with one attached hydrogen (secondary N) is 1. The fourth-order valence-corrected chi connectivity index (χ4v) is 2.00. The van der Waals surface area contributed by atoms with Gasteiger partial charge in [0.2, 0.25) is 0 Å². The molecule has 0 amide bonds. The van der Waals surface area contributed by atoms with Gasteiger partial charge in [-0.1, -0.05) is 12.1 Å².